The normalized spacial score (nSPS) is 17.1. The molecule has 2 unspecified atom stereocenters. The minimum atomic E-state index is -0.840. The summed E-state index contributed by atoms with van der Waals surface area (Å²) in [5, 5.41) is 22.6. The number of hydrogen-bond donors (Lipinski definition) is 4. The standard InChI is InChI=1S/C14H12O.C10H13ClN2O2.C6H11NO/c1-14(15)12-8-4-2-6-10(12)11-7-3-5-9-13(11)14;11-8-1-2-9(10(12)5-14)7(3-8)4-13-6-15;1-6-3-2-4-7(6)5-8/h2-9,15H,1H3;1-3,6,10,14H,4-5,12H2,(H,13,15);5-6H,2-4H2,1H3. The molecule has 0 radical (unpaired) electrons. The van der Waals surface area contributed by atoms with Gasteiger partial charge in [-0.2, -0.15) is 0 Å². The van der Waals surface area contributed by atoms with Crippen LogP contribution in [0, 0.1) is 0 Å². The molecule has 8 heteroatoms. The van der Waals surface area contributed by atoms with Crippen molar-refractivity contribution in [2.24, 2.45) is 5.73 Å². The molecular weight excluding hydrogens is 502 g/mol. The first-order chi connectivity index (χ1) is 18.2. The van der Waals surface area contributed by atoms with Crippen LogP contribution in [-0.4, -0.2) is 47.1 Å². The maximum Gasteiger partial charge on any atom is 0.209 e. The molecule has 0 bridgehead atoms. The molecule has 2 atom stereocenters. The largest absolute Gasteiger partial charge is 0.394 e. The average molecular weight is 538 g/mol. The van der Waals surface area contributed by atoms with E-state index >= 15 is 0 Å². The van der Waals surface area contributed by atoms with Crippen molar-refractivity contribution in [2.75, 3.05) is 13.2 Å². The second-order valence-electron chi connectivity index (χ2n) is 9.63. The van der Waals surface area contributed by atoms with Crippen molar-refractivity contribution < 1.29 is 19.8 Å². The molecule has 1 aliphatic heterocycles. The summed E-state index contributed by atoms with van der Waals surface area (Å²) in [6.07, 6.45) is 3.91. The van der Waals surface area contributed by atoms with Crippen molar-refractivity contribution in [3.8, 4) is 11.1 Å². The maximum atomic E-state index is 10.5. The van der Waals surface area contributed by atoms with Crippen LogP contribution in [0.1, 0.15) is 55.0 Å². The van der Waals surface area contributed by atoms with Gasteiger partial charge < -0.3 is 26.2 Å². The summed E-state index contributed by atoms with van der Waals surface area (Å²) in [7, 11) is 0. The van der Waals surface area contributed by atoms with E-state index in [1.807, 2.05) is 48.2 Å². The molecule has 5 rings (SSSR count). The van der Waals surface area contributed by atoms with Gasteiger partial charge in [0.2, 0.25) is 12.8 Å². The summed E-state index contributed by atoms with van der Waals surface area (Å²) in [6, 6.07) is 21.3. The highest BCUT2D eigenvalue weighted by molar-refractivity contribution is 6.30. The number of carbonyl (C=O) groups is 2. The van der Waals surface area contributed by atoms with E-state index in [9.17, 15) is 14.7 Å². The summed E-state index contributed by atoms with van der Waals surface area (Å²) in [6.45, 7) is 5.12. The molecule has 1 aliphatic carbocycles. The van der Waals surface area contributed by atoms with Gasteiger partial charge in [0.25, 0.3) is 0 Å². The van der Waals surface area contributed by atoms with E-state index in [1.165, 1.54) is 12.8 Å². The number of carbonyl (C=O) groups excluding carboxylic acids is 2. The van der Waals surface area contributed by atoms with E-state index in [0.717, 1.165) is 46.3 Å². The Morgan fingerprint density at radius 3 is 2.18 bits per heavy atom. The lowest BCUT2D eigenvalue weighted by Crippen LogP contribution is -2.24. The first kappa shape index (κ1) is 29.3. The second kappa shape index (κ2) is 13.5. The van der Waals surface area contributed by atoms with Crippen molar-refractivity contribution in [3.05, 3.63) is 94.0 Å². The summed E-state index contributed by atoms with van der Waals surface area (Å²) >= 11 is 5.82. The van der Waals surface area contributed by atoms with Gasteiger partial charge in [-0.15, -0.1) is 0 Å². The Labute approximate surface area is 229 Å². The van der Waals surface area contributed by atoms with E-state index < -0.39 is 11.6 Å². The molecule has 2 aliphatic rings. The molecule has 5 N–H and O–H groups in total. The molecule has 2 amide bonds. The quantitative estimate of drug-likeness (QED) is 0.353. The third-order valence-corrected chi connectivity index (χ3v) is 7.25. The number of hydrogen-bond acceptors (Lipinski definition) is 5. The van der Waals surface area contributed by atoms with Crippen molar-refractivity contribution in [2.45, 2.75) is 50.9 Å². The zero-order valence-electron chi connectivity index (χ0n) is 21.8. The third-order valence-electron chi connectivity index (χ3n) is 7.01. The number of rotatable bonds is 6. The molecule has 0 aromatic heterocycles. The molecule has 3 aromatic carbocycles. The Morgan fingerprint density at radius 2 is 1.71 bits per heavy atom. The van der Waals surface area contributed by atoms with Crippen molar-refractivity contribution in [3.63, 3.8) is 0 Å². The fourth-order valence-corrected chi connectivity index (χ4v) is 5.08. The highest BCUT2D eigenvalue weighted by Crippen LogP contribution is 2.46. The number of nitrogens with two attached hydrogens (primary N) is 1. The first-order valence-corrected chi connectivity index (χ1v) is 13.1. The summed E-state index contributed by atoms with van der Waals surface area (Å²) in [5.74, 6) is 0. The van der Waals surface area contributed by atoms with E-state index in [2.05, 4.69) is 24.4 Å². The number of nitrogens with one attached hydrogen (secondary N) is 1. The number of likely N-dealkylation sites (tertiary alicyclic amines) is 1. The molecule has 0 saturated carbocycles. The van der Waals surface area contributed by atoms with Crippen LogP contribution in [0.4, 0.5) is 0 Å². The number of aliphatic hydroxyl groups is 2. The van der Waals surface area contributed by atoms with E-state index in [0.29, 0.717) is 24.0 Å². The van der Waals surface area contributed by atoms with Crippen LogP contribution < -0.4 is 11.1 Å². The van der Waals surface area contributed by atoms with Crippen LogP contribution in [0.3, 0.4) is 0 Å². The minimum absolute atomic E-state index is 0.143. The molecular formula is C30H36ClN3O4. The molecule has 1 fully saturated rings. The Morgan fingerprint density at radius 1 is 1.11 bits per heavy atom. The Kier molecular flexibility index (Phi) is 10.4. The minimum Gasteiger partial charge on any atom is -0.394 e. The van der Waals surface area contributed by atoms with Crippen LogP contribution in [0.15, 0.2) is 66.7 Å². The predicted molar refractivity (Wildman–Crippen MR) is 150 cm³/mol. The number of amides is 2. The van der Waals surface area contributed by atoms with E-state index in [4.69, 9.17) is 22.4 Å². The van der Waals surface area contributed by atoms with Gasteiger partial charge in [0.15, 0.2) is 0 Å². The Bertz CT molecular complexity index is 1190. The van der Waals surface area contributed by atoms with Gasteiger partial charge in [0.1, 0.15) is 5.60 Å². The van der Waals surface area contributed by atoms with Crippen molar-refractivity contribution in [1.82, 2.24) is 10.2 Å². The van der Waals surface area contributed by atoms with Crippen LogP contribution >= 0.6 is 11.6 Å². The van der Waals surface area contributed by atoms with Crippen LogP contribution in [0.25, 0.3) is 11.1 Å². The molecule has 202 valence electrons. The SMILES string of the molecule is CC1(O)c2ccccc2-c2ccccc21.CC1CCCN1C=O.NC(CO)c1ccc(Cl)cc1CNC=O. The van der Waals surface area contributed by atoms with Gasteiger partial charge in [0.05, 0.1) is 12.6 Å². The number of benzene rings is 3. The number of fused-ring (bicyclic) bond motifs is 3. The van der Waals surface area contributed by atoms with Crippen LogP contribution in [-0.2, 0) is 21.7 Å². The summed E-state index contributed by atoms with van der Waals surface area (Å²) in [5.41, 5.74) is 10.8. The molecule has 1 saturated heterocycles. The highest BCUT2D eigenvalue weighted by atomic mass is 35.5. The van der Waals surface area contributed by atoms with Gasteiger partial charge in [-0.1, -0.05) is 66.2 Å². The smallest absolute Gasteiger partial charge is 0.209 e. The molecule has 0 spiro atoms. The second-order valence-corrected chi connectivity index (χ2v) is 10.1. The summed E-state index contributed by atoms with van der Waals surface area (Å²) in [4.78, 5) is 22.2. The van der Waals surface area contributed by atoms with Crippen molar-refractivity contribution >= 4 is 24.4 Å². The van der Waals surface area contributed by atoms with Gasteiger partial charge in [-0.3, -0.25) is 9.59 Å². The molecule has 1 heterocycles. The topological polar surface area (TPSA) is 116 Å². The zero-order valence-corrected chi connectivity index (χ0v) is 22.6. The maximum absolute atomic E-state index is 10.5. The average Bonchev–Trinajstić information content (AvgIpc) is 3.46. The van der Waals surface area contributed by atoms with Crippen LogP contribution in [0.2, 0.25) is 5.02 Å². The highest BCUT2D eigenvalue weighted by Gasteiger charge is 2.36. The predicted octanol–water partition coefficient (Wildman–Crippen LogP) is 4.13. The van der Waals surface area contributed by atoms with Gasteiger partial charge in [-0.25, -0.2) is 0 Å². The molecule has 3 aromatic rings. The lowest BCUT2D eigenvalue weighted by atomic mass is 9.94. The van der Waals surface area contributed by atoms with Crippen LogP contribution in [0.5, 0.6) is 0 Å². The van der Waals surface area contributed by atoms with Crippen molar-refractivity contribution in [1.29, 1.82) is 0 Å². The van der Waals surface area contributed by atoms with Gasteiger partial charge in [0, 0.05) is 24.2 Å². The lowest BCUT2D eigenvalue weighted by Gasteiger charge is -2.19. The monoisotopic (exact) mass is 537 g/mol. The third kappa shape index (κ3) is 6.79. The number of halogens is 1. The first-order valence-electron chi connectivity index (χ1n) is 12.7. The fraction of sp³-hybridized carbons (Fsp3) is 0.333. The van der Waals surface area contributed by atoms with Gasteiger partial charge >= 0.3 is 0 Å². The summed E-state index contributed by atoms with van der Waals surface area (Å²) < 4.78 is 0. The zero-order chi connectivity index (χ0) is 27.7. The van der Waals surface area contributed by atoms with Gasteiger partial charge in [-0.05, 0) is 72.2 Å². The fourth-order valence-electron chi connectivity index (χ4n) is 4.88. The van der Waals surface area contributed by atoms with E-state index in [1.54, 1.807) is 18.2 Å². The Balaban J connectivity index is 0.000000166. The number of aliphatic hydroxyl groups excluding tert-OH is 1. The molecule has 38 heavy (non-hydrogen) atoms. The van der Waals surface area contributed by atoms with E-state index in [-0.39, 0.29) is 6.61 Å². The lowest BCUT2D eigenvalue weighted by molar-refractivity contribution is -0.118. The number of nitrogens with zero attached hydrogens (tertiary/aromatic N) is 1. The Hall–Kier alpha value is -3.23. The molecule has 7 nitrogen and oxygen atoms in total.